The second-order valence-electron chi connectivity index (χ2n) is 24.6. The van der Waals surface area contributed by atoms with E-state index in [0.29, 0.717) is 25.9 Å². The fourth-order valence-corrected chi connectivity index (χ4v) is 11.3. The molecule has 0 heterocycles. The van der Waals surface area contributed by atoms with Crippen molar-refractivity contribution in [3.05, 3.63) is 24.3 Å². The summed E-state index contributed by atoms with van der Waals surface area (Å²) in [5.74, 6) is -0.0175. The van der Waals surface area contributed by atoms with Crippen molar-refractivity contribution < 1.29 is 24.5 Å². The summed E-state index contributed by atoms with van der Waals surface area (Å²) in [6.07, 6.45) is 85.4. The Morgan fingerprint density at radius 2 is 0.603 bits per heavy atom. The molecular weight excluding hydrogens is 959 g/mol. The minimum Gasteiger partial charge on any atom is -0.466 e. The van der Waals surface area contributed by atoms with Gasteiger partial charge in [0, 0.05) is 12.8 Å². The number of carbonyl (C=O) groups excluding carboxylic acids is 2. The van der Waals surface area contributed by atoms with E-state index < -0.39 is 12.1 Å². The Labute approximate surface area is 488 Å². The minimum absolute atomic E-state index is 0.0133. The monoisotopic (exact) mass is 1100 g/mol. The van der Waals surface area contributed by atoms with Crippen LogP contribution in [0.4, 0.5) is 0 Å². The summed E-state index contributed by atoms with van der Waals surface area (Å²) in [6, 6.07) is -0.536. The van der Waals surface area contributed by atoms with E-state index in [1.165, 1.54) is 321 Å². The number of ether oxygens (including phenoxy) is 1. The van der Waals surface area contributed by atoms with Crippen LogP contribution in [0.25, 0.3) is 0 Å². The average Bonchev–Trinajstić information content (AvgIpc) is 3.44. The zero-order valence-corrected chi connectivity index (χ0v) is 52.9. The molecule has 0 saturated heterocycles. The van der Waals surface area contributed by atoms with E-state index in [9.17, 15) is 19.8 Å². The summed E-state index contributed by atoms with van der Waals surface area (Å²) < 4.78 is 5.49. The van der Waals surface area contributed by atoms with Crippen LogP contribution in [0, 0.1) is 0 Å². The van der Waals surface area contributed by atoms with Crippen molar-refractivity contribution >= 4 is 11.9 Å². The van der Waals surface area contributed by atoms with E-state index in [-0.39, 0.29) is 18.5 Å². The van der Waals surface area contributed by atoms with Crippen LogP contribution in [-0.4, -0.2) is 47.4 Å². The van der Waals surface area contributed by atoms with Crippen molar-refractivity contribution in [3.8, 4) is 0 Å². The molecule has 6 heteroatoms. The van der Waals surface area contributed by atoms with E-state index in [1.807, 2.05) is 0 Å². The Morgan fingerprint density at radius 1 is 0.346 bits per heavy atom. The lowest BCUT2D eigenvalue weighted by molar-refractivity contribution is -0.143. The molecule has 0 rings (SSSR count). The van der Waals surface area contributed by atoms with E-state index in [0.717, 1.165) is 44.9 Å². The number of carbonyl (C=O) groups is 2. The lowest BCUT2D eigenvalue weighted by atomic mass is 10.0. The molecule has 0 aliphatic carbocycles. The molecule has 0 aromatic rings. The third-order valence-electron chi connectivity index (χ3n) is 16.7. The highest BCUT2D eigenvalue weighted by Gasteiger charge is 2.20. The molecule has 0 aromatic carbocycles. The van der Waals surface area contributed by atoms with Gasteiger partial charge < -0.3 is 20.3 Å². The Morgan fingerprint density at radius 3 is 0.910 bits per heavy atom. The van der Waals surface area contributed by atoms with Crippen molar-refractivity contribution in [1.29, 1.82) is 0 Å². The second kappa shape index (κ2) is 67.8. The molecular formula is C72H139NO5. The molecule has 1 amide bonds. The van der Waals surface area contributed by atoms with Gasteiger partial charge in [0.1, 0.15) is 0 Å². The van der Waals surface area contributed by atoms with Gasteiger partial charge >= 0.3 is 5.97 Å². The summed E-state index contributed by atoms with van der Waals surface area (Å²) in [7, 11) is 0. The molecule has 0 aromatic heterocycles. The Kier molecular flexibility index (Phi) is 66.4. The van der Waals surface area contributed by atoms with Crippen LogP contribution < -0.4 is 5.32 Å². The molecule has 0 bridgehead atoms. The van der Waals surface area contributed by atoms with Gasteiger partial charge in [-0.3, -0.25) is 9.59 Å². The van der Waals surface area contributed by atoms with Gasteiger partial charge in [0.25, 0.3) is 0 Å². The first-order valence-electron chi connectivity index (χ1n) is 35.6. The van der Waals surface area contributed by atoms with Gasteiger partial charge in [0.2, 0.25) is 5.91 Å². The molecule has 3 N–H and O–H groups in total. The van der Waals surface area contributed by atoms with Crippen molar-refractivity contribution in [1.82, 2.24) is 5.32 Å². The molecule has 462 valence electrons. The van der Waals surface area contributed by atoms with Crippen LogP contribution in [-0.2, 0) is 14.3 Å². The maximum atomic E-state index is 12.4. The predicted octanol–water partition coefficient (Wildman–Crippen LogP) is 22.9. The quantitative estimate of drug-likeness (QED) is 0.0320. The van der Waals surface area contributed by atoms with Crippen LogP contribution in [0.2, 0.25) is 0 Å². The first-order chi connectivity index (χ1) is 38.5. The number of hydrogen-bond acceptors (Lipinski definition) is 5. The molecule has 0 radical (unpaired) electrons. The van der Waals surface area contributed by atoms with Crippen molar-refractivity contribution in [2.75, 3.05) is 13.2 Å². The molecule has 0 aliphatic heterocycles. The molecule has 78 heavy (non-hydrogen) atoms. The van der Waals surface area contributed by atoms with E-state index in [4.69, 9.17) is 4.74 Å². The highest BCUT2D eigenvalue weighted by atomic mass is 16.5. The van der Waals surface area contributed by atoms with Gasteiger partial charge in [-0.1, -0.05) is 334 Å². The largest absolute Gasteiger partial charge is 0.466 e. The topological polar surface area (TPSA) is 95.9 Å². The molecule has 6 nitrogen and oxygen atoms in total. The number of nitrogens with one attached hydrogen (secondary N) is 1. The van der Waals surface area contributed by atoms with Gasteiger partial charge in [0.05, 0.1) is 25.4 Å². The summed E-state index contributed by atoms with van der Waals surface area (Å²) in [6.45, 7) is 4.95. The lowest BCUT2D eigenvalue weighted by Gasteiger charge is -2.22. The third kappa shape index (κ3) is 63.5. The Balaban J connectivity index is 3.30. The van der Waals surface area contributed by atoms with E-state index in [2.05, 4.69) is 43.5 Å². The summed E-state index contributed by atoms with van der Waals surface area (Å²) in [5.41, 5.74) is 0. The molecule has 2 unspecified atom stereocenters. The molecule has 0 aliphatic rings. The predicted molar refractivity (Wildman–Crippen MR) is 343 cm³/mol. The number of hydrogen-bond donors (Lipinski definition) is 3. The third-order valence-corrected chi connectivity index (χ3v) is 16.7. The normalized spacial score (nSPS) is 12.6. The standard InChI is InChI=1S/C72H139NO5/c1-3-5-7-9-11-13-15-16-43-46-50-54-58-62-66-72(77)78-67-63-59-55-51-47-44-41-39-37-35-33-31-29-27-25-23-21-19-17-18-20-22-24-26-28-30-32-34-36-38-40-42-45-49-53-57-61-65-71(76)73-69(68-74)70(75)64-60-56-52-48-14-12-10-8-6-4-2/h15-17,19,69-70,74-75H,3-14,18,20-68H2,1-2H3,(H,73,76)/b16-15-,19-17-. The minimum atomic E-state index is -0.659. The zero-order valence-electron chi connectivity index (χ0n) is 52.9. The number of unbranched alkanes of at least 4 members (excludes halogenated alkanes) is 52. The van der Waals surface area contributed by atoms with Gasteiger partial charge in [-0.25, -0.2) is 0 Å². The average molecular weight is 1100 g/mol. The maximum absolute atomic E-state index is 12.4. The number of rotatable bonds is 67. The van der Waals surface area contributed by atoms with Crippen LogP contribution in [0.1, 0.15) is 399 Å². The number of esters is 1. The van der Waals surface area contributed by atoms with Gasteiger partial charge in [-0.15, -0.1) is 0 Å². The fraction of sp³-hybridized carbons (Fsp3) is 0.917. The number of aliphatic hydroxyl groups is 2. The zero-order chi connectivity index (χ0) is 56.4. The molecule has 0 spiro atoms. The Hall–Kier alpha value is -1.66. The first kappa shape index (κ1) is 76.3. The van der Waals surface area contributed by atoms with E-state index >= 15 is 0 Å². The van der Waals surface area contributed by atoms with Crippen LogP contribution in [0.15, 0.2) is 24.3 Å². The molecule has 0 fully saturated rings. The number of amides is 1. The van der Waals surface area contributed by atoms with Crippen LogP contribution in [0.3, 0.4) is 0 Å². The smallest absolute Gasteiger partial charge is 0.305 e. The van der Waals surface area contributed by atoms with Crippen molar-refractivity contribution in [3.63, 3.8) is 0 Å². The van der Waals surface area contributed by atoms with Crippen molar-refractivity contribution in [2.24, 2.45) is 0 Å². The SMILES string of the molecule is CCCCCCC/C=C\CCCCCCCC(=O)OCCCCCCCCCCCCCCCCCC/C=C\CCCCCCCCCCCCCCCCCCCC(=O)NC(CO)C(O)CCCCCCCCCCCC. The second-order valence-corrected chi connectivity index (χ2v) is 24.6. The van der Waals surface area contributed by atoms with Crippen LogP contribution >= 0.6 is 0 Å². The lowest BCUT2D eigenvalue weighted by Crippen LogP contribution is -2.45. The van der Waals surface area contributed by atoms with Crippen molar-refractivity contribution in [2.45, 2.75) is 411 Å². The summed E-state index contributed by atoms with van der Waals surface area (Å²) in [4.78, 5) is 24.5. The highest BCUT2D eigenvalue weighted by Crippen LogP contribution is 2.19. The maximum Gasteiger partial charge on any atom is 0.305 e. The van der Waals surface area contributed by atoms with E-state index in [1.54, 1.807) is 0 Å². The van der Waals surface area contributed by atoms with Gasteiger partial charge in [0.15, 0.2) is 0 Å². The summed E-state index contributed by atoms with van der Waals surface area (Å²) in [5, 5.41) is 23.2. The first-order valence-corrected chi connectivity index (χ1v) is 35.6. The number of aliphatic hydroxyl groups excluding tert-OH is 2. The number of allylic oxidation sites excluding steroid dienone is 4. The Bertz CT molecular complexity index is 1220. The highest BCUT2D eigenvalue weighted by molar-refractivity contribution is 5.76. The van der Waals surface area contributed by atoms with Crippen LogP contribution in [0.5, 0.6) is 0 Å². The van der Waals surface area contributed by atoms with Gasteiger partial charge in [-0.05, 0) is 77.0 Å². The molecule has 2 atom stereocenters. The fourth-order valence-electron chi connectivity index (χ4n) is 11.3. The summed E-state index contributed by atoms with van der Waals surface area (Å²) >= 11 is 0. The molecule has 0 saturated carbocycles. The van der Waals surface area contributed by atoms with Gasteiger partial charge in [-0.2, -0.15) is 0 Å².